The number of aliphatic hydroxyl groups is 3. The minimum Gasteiger partial charge on any atom is -0.394 e. The van der Waals surface area contributed by atoms with Gasteiger partial charge in [-0.3, -0.25) is 9.36 Å². The Morgan fingerprint density at radius 1 is 1.43 bits per heavy atom. The van der Waals surface area contributed by atoms with Gasteiger partial charge in [0.15, 0.2) is 6.23 Å². The van der Waals surface area contributed by atoms with Gasteiger partial charge >= 0.3 is 5.69 Å². The Morgan fingerprint density at radius 3 is 2.74 bits per heavy atom. The van der Waals surface area contributed by atoms with Crippen LogP contribution in [0.25, 0.3) is 0 Å². The Bertz CT molecular complexity index is 606. The molecule has 1 aliphatic rings. The first-order valence-corrected chi connectivity index (χ1v) is 7.19. The minimum absolute atomic E-state index is 0.0695. The van der Waals surface area contributed by atoms with Gasteiger partial charge in [0.1, 0.15) is 24.1 Å². The molecule has 2 heterocycles. The first kappa shape index (κ1) is 17.5. The minimum atomic E-state index is -1.38. The van der Waals surface area contributed by atoms with Crippen LogP contribution < -0.4 is 16.7 Å². The summed E-state index contributed by atoms with van der Waals surface area (Å²) in [6.45, 7) is -0.111. The van der Waals surface area contributed by atoms with Gasteiger partial charge in [-0.05, 0) is 19.0 Å². The summed E-state index contributed by atoms with van der Waals surface area (Å²) in [5.74, 6) is -0.243. The van der Waals surface area contributed by atoms with E-state index in [4.69, 9.17) is 15.6 Å². The molecule has 1 aromatic heterocycles. The third-order valence-electron chi connectivity index (χ3n) is 3.50. The Balaban J connectivity index is 2.11. The van der Waals surface area contributed by atoms with Crippen LogP contribution in [0.3, 0.4) is 0 Å². The maximum Gasteiger partial charge on any atom is 0.351 e. The van der Waals surface area contributed by atoms with Gasteiger partial charge in [-0.2, -0.15) is 4.98 Å². The SMILES string of the molecule is NCCCC(=O)Nc1ccn([C@@H]2O[C@H](CO)[C@@H](O)[C@@H]2O)c(=O)n1. The molecule has 0 radical (unpaired) electrons. The number of hydrogen-bond acceptors (Lipinski definition) is 8. The van der Waals surface area contributed by atoms with Gasteiger partial charge in [-0.1, -0.05) is 0 Å². The molecule has 1 saturated heterocycles. The third-order valence-corrected chi connectivity index (χ3v) is 3.50. The molecule has 10 nitrogen and oxygen atoms in total. The Labute approximate surface area is 131 Å². The van der Waals surface area contributed by atoms with Crippen molar-refractivity contribution in [3.63, 3.8) is 0 Å². The van der Waals surface area contributed by atoms with E-state index in [2.05, 4.69) is 10.3 Å². The number of aromatic nitrogens is 2. The highest BCUT2D eigenvalue weighted by atomic mass is 16.6. The molecule has 0 bridgehead atoms. The first-order valence-electron chi connectivity index (χ1n) is 7.19. The zero-order valence-corrected chi connectivity index (χ0v) is 12.3. The number of nitrogens with two attached hydrogens (primary N) is 1. The quantitative estimate of drug-likeness (QED) is 0.384. The lowest BCUT2D eigenvalue weighted by atomic mass is 10.1. The fourth-order valence-electron chi connectivity index (χ4n) is 2.25. The Hall–Kier alpha value is -1.85. The van der Waals surface area contributed by atoms with Gasteiger partial charge in [-0.25, -0.2) is 4.79 Å². The predicted octanol–water partition coefficient (Wildman–Crippen LogP) is -2.47. The van der Waals surface area contributed by atoms with Crippen molar-refractivity contribution in [2.45, 2.75) is 37.4 Å². The van der Waals surface area contributed by atoms with Crippen LogP contribution in [0.5, 0.6) is 0 Å². The lowest BCUT2D eigenvalue weighted by molar-refractivity contribution is -0.116. The summed E-state index contributed by atoms with van der Waals surface area (Å²) in [5.41, 5.74) is 4.54. The highest BCUT2D eigenvalue weighted by Crippen LogP contribution is 2.28. The van der Waals surface area contributed by atoms with E-state index in [1.165, 1.54) is 12.3 Å². The second-order valence-corrected chi connectivity index (χ2v) is 5.17. The number of nitrogens with one attached hydrogen (secondary N) is 1. The van der Waals surface area contributed by atoms with Crippen molar-refractivity contribution in [2.24, 2.45) is 5.73 Å². The molecule has 1 aliphatic heterocycles. The number of hydrogen-bond donors (Lipinski definition) is 5. The Morgan fingerprint density at radius 2 is 2.17 bits per heavy atom. The van der Waals surface area contributed by atoms with E-state index >= 15 is 0 Å². The number of anilines is 1. The number of aliphatic hydroxyl groups excluding tert-OH is 3. The van der Waals surface area contributed by atoms with Crippen LogP contribution in [-0.2, 0) is 9.53 Å². The number of nitrogens with zero attached hydrogens (tertiary/aromatic N) is 2. The van der Waals surface area contributed by atoms with Crippen molar-refractivity contribution in [3.8, 4) is 0 Å². The molecule has 0 saturated carbocycles. The maximum absolute atomic E-state index is 12.0. The van der Waals surface area contributed by atoms with Gasteiger partial charge in [-0.15, -0.1) is 0 Å². The number of ether oxygens (including phenoxy) is 1. The summed E-state index contributed by atoms with van der Waals surface area (Å²) in [5, 5.41) is 31.1. The monoisotopic (exact) mass is 328 g/mol. The molecule has 0 spiro atoms. The van der Waals surface area contributed by atoms with E-state index in [1.807, 2.05) is 0 Å². The van der Waals surface area contributed by atoms with E-state index in [-0.39, 0.29) is 18.1 Å². The van der Waals surface area contributed by atoms with Crippen molar-refractivity contribution < 1.29 is 24.9 Å². The summed E-state index contributed by atoms with van der Waals surface area (Å²) in [6, 6.07) is 1.37. The average molecular weight is 328 g/mol. The topological polar surface area (TPSA) is 160 Å². The lowest BCUT2D eigenvalue weighted by Crippen LogP contribution is -2.36. The van der Waals surface area contributed by atoms with Crippen molar-refractivity contribution in [2.75, 3.05) is 18.5 Å². The van der Waals surface area contributed by atoms with Gasteiger partial charge in [0.05, 0.1) is 6.61 Å². The van der Waals surface area contributed by atoms with Crippen molar-refractivity contribution >= 4 is 11.7 Å². The summed E-state index contributed by atoms with van der Waals surface area (Å²) < 4.78 is 6.23. The molecule has 1 fully saturated rings. The van der Waals surface area contributed by atoms with Gasteiger partial charge in [0, 0.05) is 12.6 Å². The number of carbonyl (C=O) groups is 1. The molecule has 4 atom stereocenters. The van der Waals surface area contributed by atoms with Gasteiger partial charge < -0.3 is 31.1 Å². The molecule has 6 N–H and O–H groups in total. The summed E-state index contributed by atoms with van der Waals surface area (Å²) in [6.07, 6.45) is -2.82. The average Bonchev–Trinajstić information content (AvgIpc) is 2.81. The lowest BCUT2D eigenvalue weighted by Gasteiger charge is -2.17. The van der Waals surface area contributed by atoms with Crippen molar-refractivity contribution in [1.29, 1.82) is 0 Å². The molecule has 10 heteroatoms. The van der Waals surface area contributed by atoms with E-state index in [1.54, 1.807) is 0 Å². The van der Waals surface area contributed by atoms with E-state index < -0.39 is 36.8 Å². The number of carbonyl (C=O) groups excluding carboxylic acids is 1. The smallest absolute Gasteiger partial charge is 0.351 e. The molecule has 128 valence electrons. The zero-order chi connectivity index (χ0) is 17.0. The molecule has 23 heavy (non-hydrogen) atoms. The Kier molecular flexibility index (Phi) is 5.80. The highest BCUT2D eigenvalue weighted by molar-refractivity contribution is 5.89. The van der Waals surface area contributed by atoms with Crippen LogP contribution in [0.15, 0.2) is 17.1 Å². The van der Waals surface area contributed by atoms with Crippen molar-refractivity contribution in [1.82, 2.24) is 9.55 Å². The molecule has 2 rings (SSSR count). The summed E-state index contributed by atoms with van der Waals surface area (Å²) in [4.78, 5) is 27.3. The highest BCUT2D eigenvalue weighted by Gasteiger charge is 2.43. The van der Waals surface area contributed by atoms with Crippen LogP contribution in [0.1, 0.15) is 19.1 Å². The van der Waals surface area contributed by atoms with E-state index in [0.717, 1.165) is 4.57 Å². The second kappa shape index (κ2) is 7.62. The summed E-state index contributed by atoms with van der Waals surface area (Å²) in [7, 11) is 0. The largest absolute Gasteiger partial charge is 0.394 e. The molecular formula is C13H20N4O6. The van der Waals surface area contributed by atoms with Crippen LogP contribution in [0.2, 0.25) is 0 Å². The third kappa shape index (κ3) is 3.92. The van der Waals surface area contributed by atoms with Crippen LogP contribution in [-0.4, -0.2) is 62.2 Å². The van der Waals surface area contributed by atoms with Crippen LogP contribution >= 0.6 is 0 Å². The molecule has 0 aliphatic carbocycles. The fraction of sp³-hybridized carbons (Fsp3) is 0.615. The number of amides is 1. The fourth-order valence-corrected chi connectivity index (χ4v) is 2.25. The normalized spacial score (nSPS) is 27.1. The van der Waals surface area contributed by atoms with Gasteiger partial charge in [0.2, 0.25) is 5.91 Å². The second-order valence-electron chi connectivity index (χ2n) is 5.17. The van der Waals surface area contributed by atoms with Gasteiger partial charge in [0.25, 0.3) is 0 Å². The standard InChI is InChI=1S/C13H20N4O6/c14-4-1-2-9(19)15-8-3-5-17(13(22)16-8)12-11(21)10(20)7(6-18)23-12/h3,5,7,10-12,18,20-21H,1-2,4,6,14H2,(H,15,16,19,22)/t7-,10-,11+,12-/m1/s1. The predicted molar refractivity (Wildman–Crippen MR) is 78.4 cm³/mol. The zero-order valence-electron chi connectivity index (χ0n) is 12.3. The van der Waals surface area contributed by atoms with Crippen LogP contribution in [0, 0.1) is 0 Å². The molecular weight excluding hydrogens is 308 g/mol. The van der Waals surface area contributed by atoms with Crippen LogP contribution in [0.4, 0.5) is 5.82 Å². The van der Waals surface area contributed by atoms with Crippen molar-refractivity contribution in [3.05, 3.63) is 22.7 Å². The molecule has 0 unspecified atom stereocenters. The molecule has 1 aromatic rings. The van der Waals surface area contributed by atoms with E-state index in [9.17, 15) is 19.8 Å². The summed E-state index contributed by atoms with van der Waals surface area (Å²) >= 11 is 0. The van der Waals surface area contributed by atoms with E-state index in [0.29, 0.717) is 13.0 Å². The maximum atomic E-state index is 12.0. The molecule has 0 aromatic carbocycles. The first-order chi connectivity index (χ1) is 11.0. The number of rotatable bonds is 6. The molecule has 1 amide bonds.